The predicted molar refractivity (Wildman–Crippen MR) is 87.6 cm³/mol. The molecule has 4 nitrogen and oxygen atoms in total. The minimum absolute atomic E-state index is 0.199. The van der Waals surface area contributed by atoms with Gasteiger partial charge in [0, 0.05) is 24.2 Å². The van der Waals surface area contributed by atoms with Gasteiger partial charge in [0.25, 0.3) is 0 Å². The number of halogens is 1. The second kappa shape index (κ2) is 5.74. The van der Waals surface area contributed by atoms with E-state index in [1.807, 2.05) is 30.6 Å². The fraction of sp³-hybridized carbons (Fsp3) is 0.333. The van der Waals surface area contributed by atoms with E-state index in [2.05, 4.69) is 22.2 Å². The van der Waals surface area contributed by atoms with Gasteiger partial charge in [0.15, 0.2) is 0 Å². The summed E-state index contributed by atoms with van der Waals surface area (Å²) in [6.45, 7) is 2.18. The molecular weight excluding hydrogens is 291 g/mol. The number of nitrogens with zero attached hydrogens (tertiary/aromatic N) is 2. The van der Waals surface area contributed by atoms with Crippen molar-refractivity contribution in [2.24, 2.45) is 0 Å². The number of nitrogens with one attached hydrogen (secondary N) is 2. The van der Waals surface area contributed by atoms with Gasteiger partial charge in [-0.15, -0.1) is 0 Å². The van der Waals surface area contributed by atoms with Crippen LogP contribution in [0.5, 0.6) is 0 Å². The monoisotopic (exact) mass is 310 g/mol. The van der Waals surface area contributed by atoms with Gasteiger partial charge < -0.3 is 10.3 Å². The third kappa shape index (κ3) is 2.84. The Kier molecular flexibility index (Phi) is 3.58. The molecule has 118 valence electrons. The SMILES string of the molecule is CC1CC(c2ncc3[nH]ccc3n2)CC(c2ccc(F)cc2)N1. The number of H-pyrrole nitrogens is 1. The van der Waals surface area contributed by atoms with Crippen LogP contribution < -0.4 is 5.32 Å². The second-order valence-electron chi connectivity index (χ2n) is 6.34. The van der Waals surface area contributed by atoms with Crippen LogP contribution in [-0.4, -0.2) is 21.0 Å². The van der Waals surface area contributed by atoms with Crippen molar-refractivity contribution in [3.63, 3.8) is 0 Å². The van der Waals surface area contributed by atoms with Gasteiger partial charge in [-0.25, -0.2) is 14.4 Å². The summed E-state index contributed by atoms with van der Waals surface area (Å²) in [5, 5.41) is 3.60. The first-order chi connectivity index (χ1) is 11.2. The van der Waals surface area contributed by atoms with Crippen LogP contribution in [-0.2, 0) is 0 Å². The van der Waals surface area contributed by atoms with Crippen molar-refractivity contribution in [1.29, 1.82) is 0 Å². The van der Waals surface area contributed by atoms with Crippen LogP contribution in [0.2, 0.25) is 0 Å². The fourth-order valence-electron chi connectivity index (χ4n) is 3.48. The van der Waals surface area contributed by atoms with E-state index in [9.17, 15) is 4.39 Å². The maximum Gasteiger partial charge on any atom is 0.132 e. The van der Waals surface area contributed by atoms with Crippen molar-refractivity contribution in [3.8, 4) is 0 Å². The van der Waals surface area contributed by atoms with Gasteiger partial charge >= 0.3 is 0 Å². The Balaban J connectivity index is 1.62. The van der Waals surface area contributed by atoms with Crippen LogP contribution >= 0.6 is 0 Å². The van der Waals surface area contributed by atoms with E-state index in [-0.39, 0.29) is 11.9 Å². The molecule has 1 fully saturated rings. The maximum absolute atomic E-state index is 13.1. The standard InChI is InChI=1S/C18H19FN4/c1-11-8-13(18-21-10-17-15(23-18)6-7-20-17)9-16(22-11)12-2-4-14(19)5-3-12/h2-7,10-11,13,16,20,22H,8-9H2,1H3. The minimum Gasteiger partial charge on any atom is -0.359 e. The molecule has 3 unspecified atom stereocenters. The smallest absolute Gasteiger partial charge is 0.132 e. The van der Waals surface area contributed by atoms with Crippen molar-refractivity contribution < 1.29 is 4.39 Å². The van der Waals surface area contributed by atoms with Crippen LogP contribution in [0.25, 0.3) is 11.0 Å². The Morgan fingerprint density at radius 3 is 2.78 bits per heavy atom. The Bertz CT molecular complexity index is 811. The third-order valence-electron chi connectivity index (χ3n) is 4.60. The van der Waals surface area contributed by atoms with Crippen molar-refractivity contribution in [3.05, 3.63) is 59.9 Å². The average Bonchev–Trinajstić information content (AvgIpc) is 3.02. The zero-order valence-corrected chi connectivity index (χ0v) is 13.0. The lowest BCUT2D eigenvalue weighted by Gasteiger charge is -2.34. The summed E-state index contributed by atoms with van der Waals surface area (Å²) in [4.78, 5) is 12.4. The molecule has 1 saturated heterocycles. The zero-order valence-electron chi connectivity index (χ0n) is 13.0. The van der Waals surface area contributed by atoms with E-state index in [0.29, 0.717) is 12.0 Å². The Morgan fingerprint density at radius 1 is 1.13 bits per heavy atom. The molecule has 2 N–H and O–H groups in total. The molecule has 1 aromatic carbocycles. The quantitative estimate of drug-likeness (QED) is 0.759. The number of fused-ring (bicyclic) bond motifs is 1. The molecule has 0 saturated carbocycles. The molecule has 3 heterocycles. The molecule has 3 aromatic rings. The Hall–Kier alpha value is -2.27. The molecular formula is C18H19FN4. The largest absolute Gasteiger partial charge is 0.359 e. The van der Waals surface area contributed by atoms with Gasteiger partial charge in [0.05, 0.1) is 17.2 Å². The zero-order chi connectivity index (χ0) is 15.8. The van der Waals surface area contributed by atoms with E-state index >= 15 is 0 Å². The Morgan fingerprint density at radius 2 is 1.96 bits per heavy atom. The number of hydrogen-bond donors (Lipinski definition) is 2. The first-order valence-electron chi connectivity index (χ1n) is 8.00. The molecule has 23 heavy (non-hydrogen) atoms. The average molecular weight is 310 g/mol. The molecule has 4 rings (SSSR count). The minimum atomic E-state index is -0.199. The van der Waals surface area contributed by atoms with Crippen LogP contribution in [0.4, 0.5) is 4.39 Å². The van der Waals surface area contributed by atoms with E-state index < -0.39 is 0 Å². The lowest BCUT2D eigenvalue weighted by Crippen LogP contribution is -2.38. The van der Waals surface area contributed by atoms with Crippen molar-refractivity contribution >= 4 is 11.0 Å². The third-order valence-corrected chi connectivity index (χ3v) is 4.60. The van der Waals surface area contributed by atoms with Gasteiger partial charge in [-0.1, -0.05) is 12.1 Å². The van der Waals surface area contributed by atoms with Crippen molar-refractivity contribution in [2.75, 3.05) is 0 Å². The summed E-state index contributed by atoms with van der Waals surface area (Å²) in [7, 11) is 0. The molecule has 0 amide bonds. The number of aromatic amines is 1. The van der Waals surface area contributed by atoms with E-state index in [4.69, 9.17) is 4.98 Å². The highest BCUT2D eigenvalue weighted by molar-refractivity contribution is 5.73. The number of rotatable bonds is 2. The molecule has 1 aliphatic rings. The topological polar surface area (TPSA) is 53.6 Å². The second-order valence-corrected chi connectivity index (χ2v) is 6.34. The summed E-state index contributed by atoms with van der Waals surface area (Å²) in [5.74, 6) is 1.01. The van der Waals surface area contributed by atoms with Crippen molar-refractivity contribution in [2.45, 2.75) is 37.8 Å². The number of benzene rings is 1. The summed E-state index contributed by atoms with van der Waals surface area (Å²) in [5.41, 5.74) is 3.04. The number of aromatic nitrogens is 3. The van der Waals surface area contributed by atoms with Gasteiger partial charge in [0.2, 0.25) is 0 Å². The molecule has 0 spiro atoms. The first kappa shape index (κ1) is 14.3. The van der Waals surface area contributed by atoms with E-state index in [0.717, 1.165) is 35.3 Å². The summed E-state index contributed by atoms with van der Waals surface area (Å²) in [6, 6.07) is 9.31. The summed E-state index contributed by atoms with van der Waals surface area (Å²) < 4.78 is 13.1. The van der Waals surface area contributed by atoms with Gasteiger partial charge in [0.1, 0.15) is 11.6 Å². The van der Waals surface area contributed by atoms with Crippen molar-refractivity contribution in [1.82, 2.24) is 20.3 Å². The predicted octanol–water partition coefficient (Wildman–Crippen LogP) is 3.69. The molecule has 0 radical (unpaired) electrons. The molecule has 1 aliphatic heterocycles. The number of piperidine rings is 1. The summed E-state index contributed by atoms with van der Waals surface area (Å²) in [6.07, 6.45) is 5.67. The van der Waals surface area contributed by atoms with Crippen LogP contribution in [0.3, 0.4) is 0 Å². The van der Waals surface area contributed by atoms with Crippen LogP contribution in [0.15, 0.2) is 42.7 Å². The first-order valence-corrected chi connectivity index (χ1v) is 8.00. The fourth-order valence-corrected chi connectivity index (χ4v) is 3.48. The lowest BCUT2D eigenvalue weighted by molar-refractivity contribution is 0.300. The Labute approximate surface area is 134 Å². The highest BCUT2D eigenvalue weighted by atomic mass is 19.1. The lowest BCUT2D eigenvalue weighted by atomic mass is 9.85. The molecule has 0 bridgehead atoms. The molecule has 2 aromatic heterocycles. The van der Waals surface area contributed by atoms with Crippen LogP contribution in [0, 0.1) is 5.82 Å². The number of hydrogen-bond acceptors (Lipinski definition) is 3. The van der Waals surface area contributed by atoms with Gasteiger partial charge in [-0.3, -0.25) is 0 Å². The summed E-state index contributed by atoms with van der Waals surface area (Å²) >= 11 is 0. The maximum atomic E-state index is 13.1. The molecule has 3 atom stereocenters. The normalized spacial score (nSPS) is 24.9. The van der Waals surface area contributed by atoms with Gasteiger partial charge in [-0.2, -0.15) is 0 Å². The highest BCUT2D eigenvalue weighted by Gasteiger charge is 2.29. The molecule has 5 heteroatoms. The highest BCUT2D eigenvalue weighted by Crippen LogP contribution is 2.35. The van der Waals surface area contributed by atoms with E-state index in [1.54, 1.807) is 0 Å². The van der Waals surface area contributed by atoms with E-state index in [1.165, 1.54) is 12.1 Å². The molecule has 0 aliphatic carbocycles. The van der Waals surface area contributed by atoms with Crippen LogP contribution in [0.1, 0.15) is 43.1 Å². The van der Waals surface area contributed by atoms with Gasteiger partial charge in [-0.05, 0) is 43.5 Å².